The summed E-state index contributed by atoms with van der Waals surface area (Å²) in [5.41, 5.74) is 9.30. The Labute approximate surface area is 219 Å². The van der Waals surface area contributed by atoms with Gasteiger partial charge in [0.25, 0.3) is 0 Å². The highest BCUT2D eigenvalue weighted by Crippen LogP contribution is 2.38. The minimum Gasteiger partial charge on any atom is -0.452 e. The van der Waals surface area contributed by atoms with Gasteiger partial charge in [-0.05, 0) is 54.6 Å². The SMILES string of the molecule is c1cnc2c3cnccc3n(-c3ccc4oc5c(-n6c7ccncc7c7cnccc76)ccnc5c4c3)c2c1. The first kappa shape index (κ1) is 20.4. The van der Waals surface area contributed by atoms with Gasteiger partial charge in [-0.3, -0.25) is 24.9 Å². The quantitative estimate of drug-likeness (QED) is 0.259. The Morgan fingerprint density at radius 2 is 1.23 bits per heavy atom. The van der Waals surface area contributed by atoms with E-state index in [1.165, 1.54) is 0 Å². The minimum atomic E-state index is 0.727. The smallest absolute Gasteiger partial charge is 0.177 e. The van der Waals surface area contributed by atoms with Gasteiger partial charge in [0.05, 0.1) is 33.3 Å². The molecule has 8 aromatic heterocycles. The van der Waals surface area contributed by atoms with E-state index in [0.717, 1.165) is 77.2 Å². The average Bonchev–Trinajstić information content (AvgIpc) is 3.65. The Balaban J connectivity index is 1.34. The van der Waals surface area contributed by atoms with Crippen LogP contribution in [0.2, 0.25) is 0 Å². The van der Waals surface area contributed by atoms with Crippen LogP contribution < -0.4 is 0 Å². The molecule has 0 N–H and O–H groups in total. The summed E-state index contributed by atoms with van der Waals surface area (Å²) in [4.78, 5) is 22.5. The monoisotopic (exact) mass is 503 g/mol. The maximum absolute atomic E-state index is 6.51. The lowest BCUT2D eigenvalue weighted by Gasteiger charge is -2.08. The molecule has 0 fully saturated rings. The molecule has 0 atom stereocenters. The van der Waals surface area contributed by atoms with Gasteiger partial charge in [0, 0.05) is 76.8 Å². The zero-order valence-corrected chi connectivity index (χ0v) is 20.4. The van der Waals surface area contributed by atoms with Gasteiger partial charge in [0.2, 0.25) is 0 Å². The van der Waals surface area contributed by atoms with E-state index >= 15 is 0 Å². The third kappa shape index (κ3) is 2.69. The molecule has 1 aromatic carbocycles. The molecule has 39 heavy (non-hydrogen) atoms. The lowest BCUT2D eigenvalue weighted by Crippen LogP contribution is -1.95. The van der Waals surface area contributed by atoms with E-state index in [1.807, 2.05) is 86.0 Å². The van der Waals surface area contributed by atoms with Crippen molar-refractivity contribution in [1.82, 2.24) is 34.1 Å². The second kappa shape index (κ2) is 7.45. The number of hydrogen-bond donors (Lipinski definition) is 0. The van der Waals surface area contributed by atoms with E-state index in [4.69, 9.17) is 9.40 Å². The molecule has 182 valence electrons. The molecule has 0 amide bonds. The summed E-state index contributed by atoms with van der Waals surface area (Å²) in [5.74, 6) is 0. The van der Waals surface area contributed by atoms with Crippen LogP contribution in [0.1, 0.15) is 0 Å². The third-order valence-corrected chi connectivity index (χ3v) is 7.50. The molecule has 0 saturated carbocycles. The molecule has 8 nitrogen and oxygen atoms in total. The highest BCUT2D eigenvalue weighted by atomic mass is 16.3. The summed E-state index contributed by atoms with van der Waals surface area (Å²) in [6.45, 7) is 0. The zero-order valence-electron chi connectivity index (χ0n) is 20.4. The number of benzene rings is 1. The zero-order chi connectivity index (χ0) is 25.5. The highest BCUT2D eigenvalue weighted by Gasteiger charge is 2.20. The van der Waals surface area contributed by atoms with Crippen LogP contribution in [0, 0.1) is 0 Å². The first-order valence-corrected chi connectivity index (χ1v) is 12.6. The molecule has 0 aliphatic carbocycles. The first-order chi connectivity index (χ1) is 19.4. The van der Waals surface area contributed by atoms with Crippen LogP contribution >= 0.6 is 0 Å². The molecule has 9 aromatic rings. The Morgan fingerprint density at radius 1 is 0.538 bits per heavy atom. The van der Waals surface area contributed by atoms with E-state index in [0.29, 0.717) is 0 Å². The van der Waals surface area contributed by atoms with Crippen molar-refractivity contribution in [2.75, 3.05) is 0 Å². The number of pyridine rings is 5. The molecular formula is C31H17N7O. The van der Waals surface area contributed by atoms with E-state index < -0.39 is 0 Å². The summed E-state index contributed by atoms with van der Waals surface area (Å²) < 4.78 is 10.9. The number of fused-ring (bicyclic) bond motifs is 9. The molecule has 0 unspecified atom stereocenters. The Kier molecular flexibility index (Phi) is 3.90. The first-order valence-electron chi connectivity index (χ1n) is 12.6. The molecule has 0 spiro atoms. The minimum absolute atomic E-state index is 0.727. The van der Waals surface area contributed by atoms with Crippen molar-refractivity contribution in [3.05, 3.63) is 104 Å². The summed E-state index contributed by atoms with van der Waals surface area (Å²) in [6, 6.07) is 18.3. The summed E-state index contributed by atoms with van der Waals surface area (Å²) in [5, 5.41) is 4.04. The van der Waals surface area contributed by atoms with Crippen molar-refractivity contribution < 1.29 is 4.42 Å². The van der Waals surface area contributed by atoms with Crippen LogP contribution in [0.5, 0.6) is 0 Å². The molecule has 0 aliphatic heterocycles. The molecule has 0 radical (unpaired) electrons. The van der Waals surface area contributed by atoms with Crippen LogP contribution in [-0.2, 0) is 0 Å². The molecule has 0 saturated heterocycles. The third-order valence-electron chi connectivity index (χ3n) is 7.50. The van der Waals surface area contributed by atoms with Gasteiger partial charge in [-0.1, -0.05) is 0 Å². The highest BCUT2D eigenvalue weighted by molar-refractivity contribution is 6.12. The molecule has 8 heterocycles. The van der Waals surface area contributed by atoms with Crippen molar-refractivity contribution in [3.63, 3.8) is 0 Å². The maximum Gasteiger partial charge on any atom is 0.177 e. The number of aromatic nitrogens is 7. The van der Waals surface area contributed by atoms with Crippen molar-refractivity contribution >= 4 is 65.8 Å². The molecule has 8 heteroatoms. The Morgan fingerprint density at radius 3 is 2.00 bits per heavy atom. The maximum atomic E-state index is 6.51. The van der Waals surface area contributed by atoms with Gasteiger partial charge >= 0.3 is 0 Å². The molecule has 9 rings (SSSR count). The summed E-state index contributed by atoms with van der Waals surface area (Å²) in [6.07, 6.45) is 14.7. The predicted octanol–water partition coefficient (Wildman–Crippen LogP) is 6.76. The van der Waals surface area contributed by atoms with Crippen LogP contribution in [0.15, 0.2) is 109 Å². The number of rotatable bonds is 2. The predicted molar refractivity (Wildman–Crippen MR) is 151 cm³/mol. The van der Waals surface area contributed by atoms with Gasteiger partial charge in [-0.15, -0.1) is 0 Å². The Bertz CT molecular complexity index is 2310. The fourth-order valence-corrected chi connectivity index (χ4v) is 5.87. The summed E-state index contributed by atoms with van der Waals surface area (Å²) >= 11 is 0. The van der Waals surface area contributed by atoms with E-state index in [1.54, 1.807) is 0 Å². The van der Waals surface area contributed by atoms with Gasteiger partial charge in [0.1, 0.15) is 11.1 Å². The summed E-state index contributed by atoms with van der Waals surface area (Å²) in [7, 11) is 0. The van der Waals surface area contributed by atoms with Gasteiger partial charge < -0.3 is 13.6 Å². The number of hydrogen-bond acceptors (Lipinski definition) is 6. The van der Waals surface area contributed by atoms with E-state index in [-0.39, 0.29) is 0 Å². The largest absolute Gasteiger partial charge is 0.452 e. The van der Waals surface area contributed by atoms with Crippen molar-refractivity contribution in [1.29, 1.82) is 0 Å². The van der Waals surface area contributed by atoms with Gasteiger partial charge in [-0.2, -0.15) is 0 Å². The second-order valence-corrected chi connectivity index (χ2v) is 9.51. The molecular weight excluding hydrogens is 486 g/mol. The fourth-order valence-electron chi connectivity index (χ4n) is 5.87. The van der Waals surface area contributed by atoms with Crippen molar-refractivity contribution in [2.45, 2.75) is 0 Å². The standard InChI is InChI=1S/C31H17N7O/c1-2-26-29(35-9-1)22-17-34-12-7-25(22)37(26)18-3-4-28-19(14-18)30-31(39-28)27(8-13-36-30)38-23-5-10-32-15-20(23)21-16-33-11-6-24(21)38/h1-17H. The lowest BCUT2D eigenvalue weighted by atomic mass is 10.2. The van der Waals surface area contributed by atoms with Crippen LogP contribution in [0.3, 0.4) is 0 Å². The van der Waals surface area contributed by atoms with E-state index in [2.05, 4.69) is 47.3 Å². The molecule has 0 bridgehead atoms. The van der Waals surface area contributed by atoms with Crippen LogP contribution in [0.4, 0.5) is 0 Å². The van der Waals surface area contributed by atoms with Crippen LogP contribution in [-0.4, -0.2) is 34.1 Å². The Hall–Kier alpha value is -5.63. The van der Waals surface area contributed by atoms with E-state index in [9.17, 15) is 0 Å². The topological polar surface area (TPSA) is 87.5 Å². The lowest BCUT2D eigenvalue weighted by molar-refractivity contribution is 0.665. The number of nitrogens with zero attached hydrogens (tertiary/aromatic N) is 7. The van der Waals surface area contributed by atoms with Crippen molar-refractivity contribution in [2.24, 2.45) is 0 Å². The van der Waals surface area contributed by atoms with Crippen LogP contribution in [0.25, 0.3) is 77.2 Å². The fraction of sp³-hybridized carbons (Fsp3) is 0. The number of furan rings is 1. The normalized spacial score (nSPS) is 12.1. The second-order valence-electron chi connectivity index (χ2n) is 9.51. The average molecular weight is 504 g/mol. The van der Waals surface area contributed by atoms with Gasteiger partial charge in [0.15, 0.2) is 5.58 Å². The molecule has 0 aliphatic rings. The van der Waals surface area contributed by atoms with Gasteiger partial charge in [-0.25, -0.2) is 0 Å². The van der Waals surface area contributed by atoms with Crippen molar-refractivity contribution in [3.8, 4) is 11.4 Å².